The van der Waals surface area contributed by atoms with Crippen LogP contribution in [0, 0.1) is 12.7 Å². The Morgan fingerprint density at radius 1 is 1.40 bits per heavy atom. The molecule has 1 N–H and O–H groups in total. The van der Waals surface area contributed by atoms with Crippen molar-refractivity contribution in [2.75, 3.05) is 12.3 Å². The van der Waals surface area contributed by atoms with Crippen LogP contribution >= 0.6 is 0 Å². The van der Waals surface area contributed by atoms with E-state index in [1.165, 1.54) is 6.07 Å². The van der Waals surface area contributed by atoms with Gasteiger partial charge in [-0.1, -0.05) is 25.5 Å². The summed E-state index contributed by atoms with van der Waals surface area (Å²) in [7, 11) is -3.07. The Kier molecular flexibility index (Phi) is 4.81. The molecule has 2 unspecified atom stereocenters. The molecule has 1 saturated heterocycles. The maximum atomic E-state index is 13.4. The molecule has 20 heavy (non-hydrogen) atoms. The van der Waals surface area contributed by atoms with Crippen molar-refractivity contribution in [1.82, 2.24) is 5.32 Å². The van der Waals surface area contributed by atoms with E-state index in [9.17, 15) is 12.8 Å². The summed E-state index contributed by atoms with van der Waals surface area (Å²) in [6.07, 6.45) is 2.36. The summed E-state index contributed by atoms with van der Waals surface area (Å²) in [4.78, 5) is 0. The Morgan fingerprint density at radius 3 is 2.75 bits per heavy atom. The fourth-order valence-electron chi connectivity index (χ4n) is 2.90. The van der Waals surface area contributed by atoms with Gasteiger partial charge in [-0.3, -0.25) is 0 Å². The third-order valence-electron chi connectivity index (χ3n) is 3.97. The van der Waals surface area contributed by atoms with Crippen molar-refractivity contribution in [3.8, 4) is 0 Å². The second-order valence-corrected chi connectivity index (χ2v) is 7.78. The largest absolute Gasteiger partial charge is 0.309 e. The van der Waals surface area contributed by atoms with Crippen LogP contribution < -0.4 is 5.32 Å². The molecule has 2 atom stereocenters. The second kappa shape index (κ2) is 6.22. The molecule has 1 aromatic carbocycles. The van der Waals surface area contributed by atoms with Crippen molar-refractivity contribution in [2.24, 2.45) is 0 Å². The van der Waals surface area contributed by atoms with Gasteiger partial charge in [0.05, 0.1) is 11.0 Å². The first kappa shape index (κ1) is 15.4. The van der Waals surface area contributed by atoms with Gasteiger partial charge in [0.1, 0.15) is 5.82 Å². The predicted molar refractivity (Wildman–Crippen MR) is 79.0 cm³/mol. The standard InChI is InChI=1S/C15H22FNO2S/c1-3-17-15(12-7-8-13(16)11(2)10-12)14-6-4-5-9-20(14,18)19/h7-8,10,14-15,17H,3-6,9H2,1-2H3. The van der Waals surface area contributed by atoms with Gasteiger partial charge < -0.3 is 5.32 Å². The van der Waals surface area contributed by atoms with Gasteiger partial charge in [0.2, 0.25) is 0 Å². The van der Waals surface area contributed by atoms with Gasteiger partial charge >= 0.3 is 0 Å². The van der Waals surface area contributed by atoms with E-state index in [0.29, 0.717) is 18.5 Å². The van der Waals surface area contributed by atoms with Gasteiger partial charge in [-0.05, 0) is 43.5 Å². The van der Waals surface area contributed by atoms with Crippen LogP contribution in [0.15, 0.2) is 18.2 Å². The predicted octanol–water partition coefficient (Wildman–Crippen LogP) is 2.75. The number of aryl methyl sites for hydroxylation is 1. The van der Waals surface area contributed by atoms with Crippen molar-refractivity contribution in [1.29, 1.82) is 0 Å². The van der Waals surface area contributed by atoms with E-state index in [4.69, 9.17) is 0 Å². The summed E-state index contributed by atoms with van der Waals surface area (Å²) in [5.74, 6) is 0.00946. The van der Waals surface area contributed by atoms with E-state index < -0.39 is 15.1 Å². The fraction of sp³-hybridized carbons (Fsp3) is 0.600. The Hall–Kier alpha value is -0.940. The van der Waals surface area contributed by atoms with E-state index in [0.717, 1.165) is 18.4 Å². The molecule has 0 saturated carbocycles. The first-order valence-corrected chi connectivity index (χ1v) is 8.88. The molecule has 1 aliphatic rings. The highest BCUT2D eigenvalue weighted by molar-refractivity contribution is 7.92. The van der Waals surface area contributed by atoms with Crippen molar-refractivity contribution in [3.63, 3.8) is 0 Å². The summed E-state index contributed by atoms with van der Waals surface area (Å²) < 4.78 is 38.0. The molecule has 1 aromatic rings. The van der Waals surface area contributed by atoms with E-state index in [1.54, 1.807) is 19.1 Å². The molecule has 5 heteroatoms. The third kappa shape index (κ3) is 3.20. The summed E-state index contributed by atoms with van der Waals surface area (Å²) in [5.41, 5.74) is 1.42. The summed E-state index contributed by atoms with van der Waals surface area (Å²) >= 11 is 0. The quantitative estimate of drug-likeness (QED) is 0.930. The molecular formula is C15H22FNO2S. The van der Waals surface area contributed by atoms with Crippen molar-refractivity contribution >= 4 is 9.84 Å². The zero-order valence-corrected chi connectivity index (χ0v) is 12.8. The molecule has 0 amide bonds. The molecule has 0 radical (unpaired) electrons. The van der Waals surface area contributed by atoms with Crippen LogP contribution in [0.25, 0.3) is 0 Å². The highest BCUT2D eigenvalue weighted by atomic mass is 32.2. The molecule has 112 valence electrons. The molecule has 1 fully saturated rings. The lowest BCUT2D eigenvalue weighted by molar-refractivity contribution is 0.453. The average Bonchev–Trinajstić information content (AvgIpc) is 2.40. The zero-order valence-electron chi connectivity index (χ0n) is 12.0. The topological polar surface area (TPSA) is 46.2 Å². The Morgan fingerprint density at radius 2 is 2.15 bits per heavy atom. The molecule has 1 aliphatic heterocycles. The van der Waals surface area contributed by atoms with E-state index in [-0.39, 0.29) is 17.6 Å². The van der Waals surface area contributed by atoms with Crippen LogP contribution in [-0.4, -0.2) is 26.0 Å². The zero-order chi connectivity index (χ0) is 14.8. The van der Waals surface area contributed by atoms with E-state index in [1.807, 2.05) is 6.92 Å². The Labute approximate surface area is 120 Å². The fourth-order valence-corrected chi connectivity index (χ4v) is 5.00. The lowest BCUT2D eigenvalue weighted by Gasteiger charge is -2.31. The van der Waals surface area contributed by atoms with Crippen molar-refractivity contribution < 1.29 is 12.8 Å². The monoisotopic (exact) mass is 299 g/mol. The van der Waals surface area contributed by atoms with Gasteiger partial charge in [0, 0.05) is 6.04 Å². The van der Waals surface area contributed by atoms with Crippen LogP contribution in [0.5, 0.6) is 0 Å². The minimum absolute atomic E-state index is 0.246. The third-order valence-corrected chi connectivity index (χ3v) is 6.25. The second-order valence-electron chi connectivity index (χ2n) is 5.45. The number of hydrogen-bond donors (Lipinski definition) is 1. The maximum absolute atomic E-state index is 13.4. The van der Waals surface area contributed by atoms with E-state index >= 15 is 0 Å². The van der Waals surface area contributed by atoms with Gasteiger partial charge in [-0.15, -0.1) is 0 Å². The molecule has 0 aliphatic carbocycles. The number of sulfone groups is 1. The van der Waals surface area contributed by atoms with Crippen LogP contribution in [0.4, 0.5) is 4.39 Å². The molecule has 0 bridgehead atoms. The summed E-state index contributed by atoms with van der Waals surface area (Å²) in [6, 6.07) is 4.63. The number of nitrogens with one attached hydrogen (secondary N) is 1. The van der Waals surface area contributed by atoms with Crippen LogP contribution in [0.1, 0.15) is 43.4 Å². The Balaban J connectivity index is 2.37. The molecular weight excluding hydrogens is 277 g/mol. The van der Waals surface area contributed by atoms with Gasteiger partial charge in [0.15, 0.2) is 9.84 Å². The molecule has 2 rings (SSSR count). The summed E-state index contributed by atoms with van der Waals surface area (Å²) in [6.45, 7) is 4.35. The SMILES string of the molecule is CCNC(c1ccc(F)c(C)c1)C1CCCCS1(=O)=O. The van der Waals surface area contributed by atoms with Crippen LogP contribution in [0.2, 0.25) is 0 Å². The molecule has 0 spiro atoms. The van der Waals surface area contributed by atoms with Gasteiger partial charge in [-0.2, -0.15) is 0 Å². The minimum atomic E-state index is -3.07. The lowest BCUT2D eigenvalue weighted by Crippen LogP contribution is -2.40. The number of halogens is 1. The lowest BCUT2D eigenvalue weighted by atomic mass is 9.98. The molecule has 3 nitrogen and oxygen atoms in total. The van der Waals surface area contributed by atoms with Crippen molar-refractivity contribution in [2.45, 2.75) is 44.4 Å². The van der Waals surface area contributed by atoms with Crippen LogP contribution in [0.3, 0.4) is 0 Å². The van der Waals surface area contributed by atoms with Crippen LogP contribution in [-0.2, 0) is 9.84 Å². The van der Waals surface area contributed by atoms with Gasteiger partial charge in [0.25, 0.3) is 0 Å². The number of rotatable bonds is 4. The van der Waals surface area contributed by atoms with E-state index in [2.05, 4.69) is 5.32 Å². The highest BCUT2D eigenvalue weighted by Gasteiger charge is 2.36. The maximum Gasteiger partial charge on any atom is 0.155 e. The number of hydrogen-bond acceptors (Lipinski definition) is 3. The smallest absolute Gasteiger partial charge is 0.155 e. The summed E-state index contributed by atoms with van der Waals surface area (Å²) in [5, 5.41) is 2.87. The Bertz CT molecular complexity index is 571. The first-order valence-electron chi connectivity index (χ1n) is 7.16. The average molecular weight is 299 g/mol. The molecule has 0 aromatic heterocycles. The highest BCUT2D eigenvalue weighted by Crippen LogP contribution is 2.31. The normalized spacial score (nSPS) is 23.4. The van der Waals surface area contributed by atoms with Gasteiger partial charge in [-0.25, -0.2) is 12.8 Å². The minimum Gasteiger partial charge on any atom is -0.309 e. The number of benzene rings is 1. The first-order chi connectivity index (χ1) is 9.45. The molecule has 1 heterocycles. The van der Waals surface area contributed by atoms with Crippen molar-refractivity contribution in [3.05, 3.63) is 35.1 Å².